The number of nitrogens with one attached hydrogen (secondary N) is 1. The van der Waals surface area contributed by atoms with Gasteiger partial charge in [0.15, 0.2) is 0 Å². The van der Waals surface area contributed by atoms with Crippen molar-refractivity contribution in [2.24, 2.45) is 0 Å². The van der Waals surface area contributed by atoms with Gasteiger partial charge in [0.2, 0.25) is 0 Å². The van der Waals surface area contributed by atoms with Crippen LogP contribution in [0.1, 0.15) is 41.8 Å². The van der Waals surface area contributed by atoms with E-state index >= 15 is 0 Å². The first kappa shape index (κ1) is 19.5. The van der Waals surface area contributed by atoms with Crippen molar-refractivity contribution in [3.8, 4) is 5.75 Å². The minimum atomic E-state index is -0.136. The molecule has 0 saturated carbocycles. The zero-order chi connectivity index (χ0) is 19.9. The van der Waals surface area contributed by atoms with Gasteiger partial charge < -0.3 is 14.5 Å². The average Bonchev–Trinajstić information content (AvgIpc) is 3.24. The molecule has 1 heterocycles. The molecular formula is C24H25NO3. The summed E-state index contributed by atoms with van der Waals surface area (Å²) < 4.78 is 10.8. The molecule has 0 fully saturated rings. The van der Waals surface area contributed by atoms with Gasteiger partial charge >= 0.3 is 0 Å². The van der Waals surface area contributed by atoms with E-state index in [1.807, 2.05) is 55.5 Å². The average molecular weight is 375 g/mol. The Kier molecular flexibility index (Phi) is 6.33. The molecule has 144 valence electrons. The molecule has 0 aliphatic heterocycles. The van der Waals surface area contributed by atoms with Crippen molar-refractivity contribution in [1.82, 2.24) is 5.32 Å². The largest absolute Gasteiger partial charge is 0.496 e. The van der Waals surface area contributed by atoms with Gasteiger partial charge in [-0.3, -0.25) is 4.79 Å². The van der Waals surface area contributed by atoms with Gasteiger partial charge in [0.25, 0.3) is 5.91 Å². The molecule has 2 aromatic carbocycles. The summed E-state index contributed by atoms with van der Waals surface area (Å²) in [7, 11) is 1.66. The fourth-order valence-electron chi connectivity index (χ4n) is 3.19. The maximum absolute atomic E-state index is 13.2. The van der Waals surface area contributed by atoms with Crippen LogP contribution in [0.4, 0.5) is 0 Å². The van der Waals surface area contributed by atoms with Gasteiger partial charge in [0.05, 0.1) is 25.0 Å². The standard InChI is InChI=1S/C24H25NO3/c1-4-22(19-12-13-23(27-3)17(2)15-19)25-24(26)21(16-20-11-8-14-28-20)18-9-6-5-7-10-18/h5-16,22H,4H2,1-3H3,(H,25,26)/b21-16+. The Labute approximate surface area is 165 Å². The van der Waals surface area contributed by atoms with Gasteiger partial charge in [-0.05, 0) is 54.3 Å². The van der Waals surface area contributed by atoms with E-state index in [-0.39, 0.29) is 11.9 Å². The normalized spacial score (nSPS) is 12.5. The predicted octanol–water partition coefficient (Wildman–Crippen LogP) is 5.40. The zero-order valence-corrected chi connectivity index (χ0v) is 16.4. The van der Waals surface area contributed by atoms with Crippen LogP contribution >= 0.6 is 0 Å². The third kappa shape index (κ3) is 4.52. The summed E-state index contributed by atoms with van der Waals surface area (Å²) >= 11 is 0. The smallest absolute Gasteiger partial charge is 0.252 e. The number of carbonyl (C=O) groups is 1. The molecule has 1 amide bonds. The first-order chi connectivity index (χ1) is 13.6. The zero-order valence-electron chi connectivity index (χ0n) is 16.4. The van der Waals surface area contributed by atoms with Crippen LogP contribution in [0.15, 0.2) is 71.3 Å². The van der Waals surface area contributed by atoms with E-state index in [4.69, 9.17) is 9.15 Å². The first-order valence-corrected chi connectivity index (χ1v) is 9.38. The van der Waals surface area contributed by atoms with E-state index in [1.165, 1.54) is 0 Å². The Morgan fingerprint density at radius 3 is 2.54 bits per heavy atom. The fraction of sp³-hybridized carbons (Fsp3) is 0.208. The van der Waals surface area contributed by atoms with Gasteiger partial charge in [-0.15, -0.1) is 0 Å². The van der Waals surface area contributed by atoms with Gasteiger partial charge in [0.1, 0.15) is 11.5 Å². The Balaban J connectivity index is 1.89. The lowest BCUT2D eigenvalue weighted by Crippen LogP contribution is -2.29. The maximum atomic E-state index is 13.2. The molecule has 3 rings (SSSR count). The van der Waals surface area contributed by atoms with E-state index in [0.29, 0.717) is 11.3 Å². The Hall–Kier alpha value is -3.27. The lowest BCUT2D eigenvalue weighted by atomic mass is 9.99. The number of carbonyl (C=O) groups excluding carboxylic acids is 1. The maximum Gasteiger partial charge on any atom is 0.252 e. The molecular weight excluding hydrogens is 350 g/mol. The summed E-state index contributed by atoms with van der Waals surface area (Å²) in [5, 5.41) is 3.17. The highest BCUT2D eigenvalue weighted by Gasteiger charge is 2.18. The number of ether oxygens (including phenoxy) is 1. The van der Waals surface area contributed by atoms with E-state index in [1.54, 1.807) is 25.5 Å². The summed E-state index contributed by atoms with van der Waals surface area (Å²) in [4.78, 5) is 13.2. The van der Waals surface area contributed by atoms with Crippen molar-refractivity contribution in [3.05, 3.63) is 89.4 Å². The molecule has 1 N–H and O–H groups in total. The summed E-state index contributed by atoms with van der Waals surface area (Å²) in [6, 6.07) is 19.2. The van der Waals surface area contributed by atoms with Crippen LogP contribution in [-0.2, 0) is 4.79 Å². The van der Waals surface area contributed by atoms with Crippen LogP contribution in [0.3, 0.4) is 0 Å². The highest BCUT2D eigenvalue weighted by Crippen LogP contribution is 2.26. The number of aryl methyl sites for hydroxylation is 1. The minimum Gasteiger partial charge on any atom is -0.496 e. The number of hydrogen-bond donors (Lipinski definition) is 1. The fourth-order valence-corrected chi connectivity index (χ4v) is 3.19. The lowest BCUT2D eigenvalue weighted by molar-refractivity contribution is -0.116. The molecule has 1 unspecified atom stereocenters. The minimum absolute atomic E-state index is 0.0965. The third-order valence-corrected chi connectivity index (χ3v) is 4.69. The van der Waals surface area contributed by atoms with Crippen LogP contribution in [0, 0.1) is 6.92 Å². The van der Waals surface area contributed by atoms with Crippen LogP contribution in [0.5, 0.6) is 5.75 Å². The second kappa shape index (κ2) is 9.09. The first-order valence-electron chi connectivity index (χ1n) is 9.38. The number of rotatable bonds is 7. The van der Waals surface area contributed by atoms with Crippen molar-refractivity contribution in [2.45, 2.75) is 26.3 Å². The third-order valence-electron chi connectivity index (χ3n) is 4.69. The van der Waals surface area contributed by atoms with Gasteiger partial charge in [0, 0.05) is 0 Å². The second-order valence-corrected chi connectivity index (χ2v) is 6.60. The lowest BCUT2D eigenvalue weighted by Gasteiger charge is -2.20. The van der Waals surface area contributed by atoms with E-state index in [2.05, 4.69) is 18.3 Å². The molecule has 4 heteroatoms. The summed E-state index contributed by atoms with van der Waals surface area (Å²) in [6.07, 6.45) is 4.15. The number of furan rings is 1. The Bertz CT molecular complexity index is 943. The second-order valence-electron chi connectivity index (χ2n) is 6.60. The van der Waals surface area contributed by atoms with Gasteiger partial charge in [-0.2, -0.15) is 0 Å². The van der Waals surface area contributed by atoms with Crippen molar-refractivity contribution < 1.29 is 13.9 Å². The molecule has 3 aromatic rings. The summed E-state index contributed by atoms with van der Waals surface area (Å²) in [6.45, 7) is 4.06. The quantitative estimate of drug-likeness (QED) is 0.562. The van der Waals surface area contributed by atoms with Crippen LogP contribution in [0.2, 0.25) is 0 Å². The number of hydrogen-bond acceptors (Lipinski definition) is 3. The number of benzene rings is 2. The molecule has 1 atom stereocenters. The van der Waals surface area contributed by atoms with Crippen molar-refractivity contribution in [1.29, 1.82) is 0 Å². The van der Waals surface area contributed by atoms with Gasteiger partial charge in [-0.25, -0.2) is 0 Å². The highest BCUT2D eigenvalue weighted by molar-refractivity contribution is 6.24. The van der Waals surface area contributed by atoms with Crippen molar-refractivity contribution in [3.63, 3.8) is 0 Å². The molecule has 0 radical (unpaired) electrons. The number of methoxy groups -OCH3 is 1. The Morgan fingerprint density at radius 1 is 1.14 bits per heavy atom. The van der Waals surface area contributed by atoms with Crippen LogP contribution in [0.25, 0.3) is 11.6 Å². The molecule has 0 spiro atoms. The van der Waals surface area contributed by atoms with Crippen molar-refractivity contribution >= 4 is 17.6 Å². The van der Waals surface area contributed by atoms with E-state index < -0.39 is 0 Å². The van der Waals surface area contributed by atoms with Crippen molar-refractivity contribution in [2.75, 3.05) is 7.11 Å². The molecule has 0 saturated heterocycles. The predicted molar refractivity (Wildman–Crippen MR) is 112 cm³/mol. The Morgan fingerprint density at radius 2 is 1.93 bits per heavy atom. The van der Waals surface area contributed by atoms with E-state index in [0.717, 1.165) is 28.9 Å². The monoisotopic (exact) mass is 375 g/mol. The molecule has 1 aromatic heterocycles. The molecule has 4 nitrogen and oxygen atoms in total. The summed E-state index contributed by atoms with van der Waals surface area (Å²) in [5.41, 5.74) is 3.51. The molecule has 28 heavy (non-hydrogen) atoms. The molecule has 0 aliphatic rings. The van der Waals surface area contributed by atoms with Crippen LogP contribution in [-0.4, -0.2) is 13.0 Å². The van der Waals surface area contributed by atoms with Crippen LogP contribution < -0.4 is 10.1 Å². The molecule has 0 aliphatic carbocycles. The van der Waals surface area contributed by atoms with E-state index in [9.17, 15) is 4.79 Å². The van der Waals surface area contributed by atoms with Gasteiger partial charge in [-0.1, -0.05) is 49.4 Å². The SMILES string of the molecule is CCC(NC(=O)/C(=C/c1ccco1)c1ccccc1)c1ccc(OC)c(C)c1. The topological polar surface area (TPSA) is 51.5 Å². The number of amides is 1. The highest BCUT2D eigenvalue weighted by atomic mass is 16.5. The molecule has 0 bridgehead atoms. The summed E-state index contributed by atoms with van der Waals surface area (Å²) in [5.74, 6) is 1.35.